The Bertz CT molecular complexity index is 346. The lowest BCUT2D eigenvalue weighted by Gasteiger charge is -2.44. The van der Waals surface area contributed by atoms with Gasteiger partial charge in [-0.3, -0.25) is 9.69 Å². The van der Waals surface area contributed by atoms with Crippen LogP contribution in [0.15, 0.2) is 0 Å². The molecule has 1 amide bonds. The molecule has 4 heteroatoms. The van der Waals surface area contributed by atoms with Gasteiger partial charge < -0.3 is 10.2 Å². The summed E-state index contributed by atoms with van der Waals surface area (Å²) in [5.41, 5.74) is -0.103. The number of rotatable bonds is 3. The molecule has 3 fully saturated rings. The first-order valence-corrected chi connectivity index (χ1v) is 8.49. The summed E-state index contributed by atoms with van der Waals surface area (Å²) in [6.45, 7) is 8.43. The minimum absolute atomic E-state index is 0.103. The Hall–Kier alpha value is -0.610. The van der Waals surface area contributed by atoms with Crippen LogP contribution in [0.2, 0.25) is 0 Å². The molecule has 0 radical (unpaired) electrons. The van der Waals surface area contributed by atoms with Crippen LogP contribution >= 0.6 is 0 Å². The van der Waals surface area contributed by atoms with Crippen molar-refractivity contribution in [2.75, 3.05) is 39.3 Å². The fourth-order valence-electron chi connectivity index (χ4n) is 4.46. The molecule has 1 N–H and O–H groups in total. The molecule has 3 heterocycles. The van der Waals surface area contributed by atoms with Crippen LogP contribution in [0, 0.1) is 5.41 Å². The number of piperazine rings is 1. The number of carbonyl (C=O) groups excluding carboxylic acids is 1. The van der Waals surface area contributed by atoms with Gasteiger partial charge in [0.25, 0.3) is 0 Å². The van der Waals surface area contributed by atoms with Crippen molar-refractivity contribution < 1.29 is 4.79 Å². The standard InChI is InChI=1S/C16H29N3O/c1-2-6-16(7-4-8-17-13-16)15(20)19-11-10-18-9-3-5-14(18)12-19/h14,17H,2-13H2,1H3. The van der Waals surface area contributed by atoms with Gasteiger partial charge in [0.15, 0.2) is 0 Å². The monoisotopic (exact) mass is 279 g/mol. The SMILES string of the molecule is CCCC1(C(=O)N2CCN3CCCC3C2)CCCNC1. The minimum Gasteiger partial charge on any atom is -0.339 e. The zero-order chi connectivity index (χ0) is 14.0. The molecule has 4 nitrogen and oxygen atoms in total. The topological polar surface area (TPSA) is 35.6 Å². The van der Waals surface area contributed by atoms with E-state index in [1.165, 1.54) is 19.4 Å². The fourth-order valence-corrected chi connectivity index (χ4v) is 4.46. The number of nitrogens with one attached hydrogen (secondary N) is 1. The lowest BCUT2D eigenvalue weighted by atomic mass is 9.75. The predicted octanol–water partition coefficient (Wildman–Crippen LogP) is 1.46. The molecule has 0 spiro atoms. The molecule has 3 aliphatic heterocycles. The van der Waals surface area contributed by atoms with E-state index >= 15 is 0 Å². The largest absolute Gasteiger partial charge is 0.339 e. The number of carbonyl (C=O) groups is 1. The van der Waals surface area contributed by atoms with Gasteiger partial charge in [-0.25, -0.2) is 0 Å². The van der Waals surface area contributed by atoms with Gasteiger partial charge in [-0.1, -0.05) is 13.3 Å². The molecule has 2 atom stereocenters. The Morgan fingerprint density at radius 3 is 2.95 bits per heavy atom. The van der Waals surface area contributed by atoms with Crippen molar-refractivity contribution in [3.63, 3.8) is 0 Å². The first kappa shape index (κ1) is 14.3. The van der Waals surface area contributed by atoms with Crippen LogP contribution in [0.4, 0.5) is 0 Å². The van der Waals surface area contributed by atoms with E-state index in [0.29, 0.717) is 11.9 Å². The summed E-state index contributed by atoms with van der Waals surface area (Å²) in [5.74, 6) is 0.443. The van der Waals surface area contributed by atoms with E-state index in [2.05, 4.69) is 22.0 Å². The normalized spacial score (nSPS) is 35.0. The number of piperidine rings is 1. The molecule has 0 aliphatic carbocycles. The second-order valence-corrected chi connectivity index (χ2v) is 6.89. The molecule has 0 aromatic rings. The number of amides is 1. The van der Waals surface area contributed by atoms with Crippen LogP contribution in [0.1, 0.15) is 45.4 Å². The van der Waals surface area contributed by atoms with Gasteiger partial charge in [0, 0.05) is 32.2 Å². The maximum Gasteiger partial charge on any atom is 0.230 e. The van der Waals surface area contributed by atoms with Crippen LogP contribution in [-0.2, 0) is 4.79 Å². The molecule has 0 aromatic heterocycles. The first-order valence-electron chi connectivity index (χ1n) is 8.49. The summed E-state index contributed by atoms with van der Waals surface area (Å²) in [6.07, 6.45) is 6.98. The van der Waals surface area contributed by atoms with E-state index in [9.17, 15) is 4.79 Å². The van der Waals surface area contributed by atoms with Crippen LogP contribution in [0.5, 0.6) is 0 Å². The summed E-state index contributed by atoms with van der Waals surface area (Å²) in [4.78, 5) is 17.9. The number of hydrogen-bond donors (Lipinski definition) is 1. The maximum atomic E-state index is 13.1. The van der Waals surface area contributed by atoms with Crippen LogP contribution in [-0.4, -0.2) is 61.0 Å². The van der Waals surface area contributed by atoms with Crippen LogP contribution in [0.3, 0.4) is 0 Å². The quantitative estimate of drug-likeness (QED) is 0.849. The van der Waals surface area contributed by atoms with E-state index in [1.807, 2.05) is 0 Å². The van der Waals surface area contributed by atoms with Crippen LogP contribution < -0.4 is 5.32 Å². The molecule has 3 rings (SSSR count). The first-order chi connectivity index (χ1) is 9.75. The molecule has 0 bridgehead atoms. The van der Waals surface area contributed by atoms with Crippen molar-refractivity contribution in [1.29, 1.82) is 0 Å². The number of fused-ring (bicyclic) bond motifs is 1. The molecule has 3 saturated heterocycles. The van der Waals surface area contributed by atoms with Gasteiger partial charge in [-0.2, -0.15) is 0 Å². The molecule has 114 valence electrons. The number of hydrogen-bond acceptors (Lipinski definition) is 3. The minimum atomic E-state index is -0.103. The van der Waals surface area contributed by atoms with E-state index in [1.54, 1.807) is 0 Å². The molecule has 3 aliphatic rings. The maximum absolute atomic E-state index is 13.1. The van der Waals surface area contributed by atoms with Gasteiger partial charge >= 0.3 is 0 Å². The highest BCUT2D eigenvalue weighted by molar-refractivity contribution is 5.83. The third kappa shape index (κ3) is 2.60. The van der Waals surface area contributed by atoms with Gasteiger partial charge in [-0.05, 0) is 45.2 Å². The lowest BCUT2D eigenvalue weighted by molar-refractivity contribution is -0.146. The Labute approximate surface area is 122 Å². The molecule has 0 aromatic carbocycles. The van der Waals surface area contributed by atoms with Gasteiger partial charge in [0.2, 0.25) is 5.91 Å². The van der Waals surface area contributed by atoms with E-state index in [-0.39, 0.29) is 5.41 Å². The highest BCUT2D eigenvalue weighted by Gasteiger charge is 2.43. The lowest BCUT2D eigenvalue weighted by Crippen LogP contribution is -2.58. The predicted molar refractivity (Wildman–Crippen MR) is 80.6 cm³/mol. The summed E-state index contributed by atoms with van der Waals surface area (Å²) in [6, 6.07) is 0.642. The second kappa shape index (κ2) is 6.02. The van der Waals surface area contributed by atoms with Gasteiger partial charge in [0.05, 0.1) is 5.41 Å². The highest BCUT2D eigenvalue weighted by atomic mass is 16.2. The molecular formula is C16H29N3O. The van der Waals surface area contributed by atoms with E-state index in [0.717, 1.165) is 58.4 Å². The molecule has 0 saturated carbocycles. The average Bonchev–Trinajstić information content (AvgIpc) is 2.95. The third-order valence-electron chi connectivity index (χ3n) is 5.53. The van der Waals surface area contributed by atoms with Gasteiger partial charge in [0.1, 0.15) is 0 Å². The summed E-state index contributed by atoms with van der Waals surface area (Å²) >= 11 is 0. The number of nitrogens with zero attached hydrogens (tertiary/aromatic N) is 2. The zero-order valence-electron chi connectivity index (χ0n) is 12.9. The summed E-state index contributed by atoms with van der Waals surface area (Å²) < 4.78 is 0. The van der Waals surface area contributed by atoms with E-state index < -0.39 is 0 Å². The summed E-state index contributed by atoms with van der Waals surface area (Å²) in [7, 11) is 0. The van der Waals surface area contributed by atoms with Crippen molar-refractivity contribution in [3.05, 3.63) is 0 Å². The highest BCUT2D eigenvalue weighted by Crippen LogP contribution is 2.35. The molecular weight excluding hydrogens is 250 g/mol. The van der Waals surface area contributed by atoms with E-state index in [4.69, 9.17) is 0 Å². The van der Waals surface area contributed by atoms with Crippen molar-refractivity contribution in [3.8, 4) is 0 Å². The average molecular weight is 279 g/mol. The van der Waals surface area contributed by atoms with Crippen molar-refractivity contribution in [2.45, 2.75) is 51.5 Å². The Balaban J connectivity index is 1.69. The molecule has 20 heavy (non-hydrogen) atoms. The van der Waals surface area contributed by atoms with Crippen molar-refractivity contribution in [2.24, 2.45) is 5.41 Å². The Kier molecular flexibility index (Phi) is 4.32. The van der Waals surface area contributed by atoms with Crippen LogP contribution in [0.25, 0.3) is 0 Å². The van der Waals surface area contributed by atoms with Crippen molar-refractivity contribution in [1.82, 2.24) is 15.1 Å². The van der Waals surface area contributed by atoms with Gasteiger partial charge in [-0.15, -0.1) is 0 Å². The van der Waals surface area contributed by atoms with Crippen molar-refractivity contribution >= 4 is 5.91 Å². The third-order valence-corrected chi connectivity index (χ3v) is 5.53. The zero-order valence-corrected chi connectivity index (χ0v) is 12.9. The Morgan fingerprint density at radius 1 is 1.30 bits per heavy atom. The molecule has 2 unspecified atom stereocenters. The fraction of sp³-hybridized carbons (Fsp3) is 0.938. The summed E-state index contributed by atoms with van der Waals surface area (Å²) in [5, 5.41) is 3.47. The Morgan fingerprint density at radius 2 is 2.20 bits per heavy atom. The second-order valence-electron chi connectivity index (χ2n) is 6.89. The smallest absolute Gasteiger partial charge is 0.230 e.